The third-order valence-corrected chi connectivity index (χ3v) is 2.16. The fourth-order valence-electron chi connectivity index (χ4n) is 1.41. The minimum atomic E-state index is 0.539. The van der Waals surface area contributed by atoms with Gasteiger partial charge in [0.1, 0.15) is 0 Å². The molecule has 0 atom stereocenters. The Morgan fingerprint density at radius 1 is 1.09 bits per heavy atom. The van der Waals surface area contributed by atoms with Crippen molar-refractivity contribution in [2.75, 3.05) is 13.1 Å². The van der Waals surface area contributed by atoms with E-state index in [1.165, 1.54) is 25.8 Å². The maximum absolute atomic E-state index is 3.36. The zero-order chi connectivity index (χ0) is 8.74. The Balaban J connectivity index is 3.38. The van der Waals surface area contributed by atoms with E-state index >= 15 is 0 Å². The Labute approximate surface area is 71.6 Å². The molecular weight excluding hydrogens is 134 g/mol. The van der Waals surface area contributed by atoms with Crippen LogP contribution in [0, 0.1) is 5.41 Å². The average molecular weight is 157 g/mol. The van der Waals surface area contributed by atoms with Gasteiger partial charge in [-0.05, 0) is 31.3 Å². The van der Waals surface area contributed by atoms with Gasteiger partial charge in [0.05, 0.1) is 0 Å². The largest absolute Gasteiger partial charge is 0.317 e. The highest BCUT2D eigenvalue weighted by Crippen LogP contribution is 2.25. The smallest absolute Gasteiger partial charge is 0.00439 e. The fourth-order valence-corrected chi connectivity index (χ4v) is 1.41. The summed E-state index contributed by atoms with van der Waals surface area (Å²) >= 11 is 0. The van der Waals surface area contributed by atoms with E-state index in [9.17, 15) is 0 Å². The van der Waals surface area contributed by atoms with Crippen LogP contribution in [0.2, 0.25) is 0 Å². The van der Waals surface area contributed by atoms with Crippen molar-refractivity contribution < 1.29 is 0 Å². The molecule has 0 aliphatic carbocycles. The van der Waals surface area contributed by atoms with Crippen LogP contribution in [-0.2, 0) is 0 Å². The molecular formula is C10H23N. The first-order valence-corrected chi connectivity index (χ1v) is 4.83. The zero-order valence-corrected chi connectivity index (χ0v) is 8.54. The van der Waals surface area contributed by atoms with Crippen molar-refractivity contribution >= 4 is 0 Å². The summed E-state index contributed by atoms with van der Waals surface area (Å²) < 4.78 is 0. The van der Waals surface area contributed by atoms with Gasteiger partial charge in [0, 0.05) is 0 Å². The SMILES string of the molecule is CCCC(C)(C)CCNCC. The molecule has 0 rings (SSSR count). The highest BCUT2D eigenvalue weighted by Gasteiger charge is 2.14. The lowest BCUT2D eigenvalue weighted by Crippen LogP contribution is -2.21. The van der Waals surface area contributed by atoms with E-state index in [2.05, 4.69) is 33.0 Å². The van der Waals surface area contributed by atoms with Crippen molar-refractivity contribution in [3.63, 3.8) is 0 Å². The van der Waals surface area contributed by atoms with Gasteiger partial charge in [-0.25, -0.2) is 0 Å². The van der Waals surface area contributed by atoms with Crippen LogP contribution < -0.4 is 5.32 Å². The molecule has 0 saturated carbocycles. The third-order valence-electron chi connectivity index (χ3n) is 2.16. The summed E-state index contributed by atoms with van der Waals surface area (Å²) in [7, 11) is 0. The molecule has 68 valence electrons. The minimum absolute atomic E-state index is 0.539. The third kappa shape index (κ3) is 6.36. The maximum Gasteiger partial charge on any atom is -0.00439 e. The highest BCUT2D eigenvalue weighted by atomic mass is 14.8. The molecule has 1 nitrogen and oxygen atoms in total. The Bertz CT molecular complexity index is 86.9. The second kappa shape index (κ2) is 5.59. The lowest BCUT2D eigenvalue weighted by Gasteiger charge is -2.23. The number of nitrogens with one attached hydrogen (secondary N) is 1. The van der Waals surface area contributed by atoms with E-state index in [0.717, 1.165) is 6.54 Å². The summed E-state index contributed by atoms with van der Waals surface area (Å²) in [5.74, 6) is 0. The quantitative estimate of drug-likeness (QED) is 0.585. The second-order valence-electron chi connectivity index (χ2n) is 4.02. The van der Waals surface area contributed by atoms with Gasteiger partial charge < -0.3 is 5.32 Å². The standard InChI is InChI=1S/C10H23N/c1-5-7-10(3,4)8-9-11-6-2/h11H,5-9H2,1-4H3. The van der Waals surface area contributed by atoms with Crippen molar-refractivity contribution in [3.05, 3.63) is 0 Å². The summed E-state index contributed by atoms with van der Waals surface area (Å²) in [5.41, 5.74) is 0.539. The summed E-state index contributed by atoms with van der Waals surface area (Å²) in [6.07, 6.45) is 3.95. The molecule has 0 aromatic rings. The Hall–Kier alpha value is -0.0400. The van der Waals surface area contributed by atoms with Crippen LogP contribution in [0.1, 0.15) is 47.0 Å². The molecule has 0 aromatic heterocycles. The number of rotatable bonds is 6. The van der Waals surface area contributed by atoms with Gasteiger partial charge in [0.2, 0.25) is 0 Å². The van der Waals surface area contributed by atoms with Gasteiger partial charge in [-0.2, -0.15) is 0 Å². The summed E-state index contributed by atoms with van der Waals surface area (Å²) in [4.78, 5) is 0. The first-order valence-electron chi connectivity index (χ1n) is 4.83. The van der Waals surface area contributed by atoms with E-state index in [1.54, 1.807) is 0 Å². The van der Waals surface area contributed by atoms with Crippen LogP contribution in [-0.4, -0.2) is 13.1 Å². The molecule has 11 heavy (non-hydrogen) atoms. The van der Waals surface area contributed by atoms with Crippen molar-refractivity contribution in [3.8, 4) is 0 Å². The van der Waals surface area contributed by atoms with Crippen molar-refractivity contribution in [1.29, 1.82) is 0 Å². The van der Waals surface area contributed by atoms with Crippen LogP contribution in [0.3, 0.4) is 0 Å². The summed E-state index contributed by atoms with van der Waals surface area (Å²) in [6.45, 7) is 11.4. The van der Waals surface area contributed by atoms with Crippen LogP contribution in [0.5, 0.6) is 0 Å². The highest BCUT2D eigenvalue weighted by molar-refractivity contribution is 4.68. The van der Waals surface area contributed by atoms with E-state index in [-0.39, 0.29) is 0 Å². The predicted molar refractivity (Wildman–Crippen MR) is 51.8 cm³/mol. The zero-order valence-electron chi connectivity index (χ0n) is 8.54. The molecule has 0 bridgehead atoms. The van der Waals surface area contributed by atoms with E-state index in [0.29, 0.717) is 5.41 Å². The van der Waals surface area contributed by atoms with Gasteiger partial charge in [-0.3, -0.25) is 0 Å². The van der Waals surface area contributed by atoms with E-state index < -0.39 is 0 Å². The monoisotopic (exact) mass is 157 g/mol. The van der Waals surface area contributed by atoms with Crippen LogP contribution in [0.4, 0.5) is 0 Å². The maximum atomic E-state index is 3.36. The molecule has 0 saturated heterocycles. The summed E-state index contributed by atoms with van der Waals surface area (Å²) in [5, 5.41) is 3.36. The van der Waals surface area contributed by atoms with Gasteiger partial charge >= 0.3 is 0 Å². The topological polar surface area (TPSA) is 12.0 Å². The van der Waals surface area contributed by atoms with Gasteiger partial charge in [0.15, 0.2) is 0 Å². The molecule has 0 aliphatic heterocycles. The van der Waals surface area contributed by atoms with Gasteiger partial charge in [-0.15, -0.1) is 0 Å². The second-order valence-corrected chi connectivity index (χ2v) is 4.02. The van der Waals surface area contributed by atoms with Crippen molar-refractivity contribution in [1.82, 2.24) is 5.32 Å². The minimum Gasteiger partial charge on any atom is -0.317 e. The molecule has 1 N–H and O–H groups in total. The van der Waals surface area contributed by atoms with Crippen LogP contribution >= 0.6 is 0 Å². The molecule has 0 unspecified atom stereocenters. The van der Waals surface area contributed by atoms with Gasteiger partial charge in [-0.1, -0.05) is 34.1 Å². The Morgan fingerprint density at radius 2 is 1.73 bits per heavy atom. The lowest BCUT2D eigenvalue weighted by molar-refractivity contribution is 0.300. The summed E-state index contributed by atoms with van der Waals surface area (Å²) in [6, 6.07) is 0. The van der Waals surface area contributed by atoms with Crippen molar-refractivity contribution in [2.24, 2.45) is 5.41 Å². The number of hydrogen-bond donors (Lipinski definition) is 1. The molecule has 0 amide bonds. The molecule has 0 fully saturated rings. The fraction of sp³-hybridized carbons (Fsp3) is 1.00. The first-order chi connectivity index (χ1) is 5.12. The number of hydrogen-bond acceptors (Lipinski definition) is 1. The Kier molecular flexibility index (Phi) is 5.57. The lowest BCUT2D eigenvalue weighted by atomic mass is 9.85. The molecule has 0 spiro atoms. The molecule has 0 aromatic carbocycles. The molecule has 0 aliphatic rings. The normalized spacial score (nSPS) is 12.0. The predicted octanol–water partition coefficient (Wildman–Crippen LogP) is 2.81. The van der Waals surface area contributed by atoms with E-state index in [4.69, 9.17) is 0 Å². The van der Waals surface area contributed by atoms with Crippen LogP contribution in [0.25, 0.3) is 0 Å². The Morgan fingerprint density at radius 3 is 2.18 bits per heavy atom. The average Bonchev–Trinajstić information content (AvgIpc) is 1.87. The molecule has 1 heteroatoms. The van der Waals surface area contributed by atoms with E-state index in [1.807, 2.05) is 0 Å². The molecule has 0 radical (unpaired) electrons. The van der Waals surface area contributed by atoms with Crippen molar-refractivity contribution in [2.45, 2.75) is 47.0 Å². The first kappa shape index (κ1) is 11.0. The molecule has 0 heterocycles. The van der Waals surface area contributed by atoms with Crippen LogP contribution in [0.15, 0.2) is 0 Å². The van der Waals surface area contributed by atoms with Gasteiger partial charge in [0.25, 0.3) is 0 Å².